The average Bonchev–Trinajstić information content (AvgIpc) is 3.39. The Morgan fingerprint density at radius 3 is 2.56 bits per heavy atom. The highest BCUT2D eigenvalue weighted by atomic mass is 35.5. The van der Waals surface area contributed by atoms with E-state index in [1.165, 1.54) is 5.01 Å². The molecule has 3 heterocycles. The second kappa shape index (κ2) is 7.50. The summed E-state index contributed by atoms with van der Waals surface area (Å²) in [5, 5.41) is 6.65. The topological polar surface area (TPSA) is 68.2 Å². The molecule has 4 rings (SSSR count). The first kappa shape index (κ1) is 17.7. The molecule has 1 aromatic carbocycles. The zero-order valence-electron chi connectivity index (χ0n) is 14.0. The van der Waals surface area contributed by atoms with Crippen molar-refractivity contribution in [3.05, 3.63) is 76.6 Å². The number of ether oxygens (including phenoxy) is 1. The molecular weight excluding hydrogens is 391 g/mol. The Hall–Kier alpha value is -2.70. The fourth-order valence-corrected chi connectivity index (χ4v) is 3.36. The maximum Gasteiger partial charge on any atom is 0.281 e. The molecule has 0 bridgehead atoms. The van der Waals surface area contributed by atoms with Crippen molar-refractivity contribution >= 4 is 34.8 Å². The van der Waals surface area contributed by atoms with Crippen molar-refractivity contribution in [3.8, 4) is 5.75 Å². The number of nitrogens with zero attached hydrogens (tertiary/aromatic N) is 2. The van der Waals surface area contributed by atoms with E-state index in [-0.39, 0.29) is 18.6 Å². The number of rotatable bonds is 5. The van der Waals surface area contributed by atoms with Crippen LogP contribution in [0.25, 0.3) is 0 Å². The Morgan fingerprint density at radius 2 is 1.89 bits per heavy atom. The molecule has 0 radical (unpaired) electrons. The number of carbonyl (C=O) groups is 1. The molecule has 1 unspecified atom stereocenters. The van der Waals surface area contributed by atoms with E-state index < -0.39 is 0 Å². The van der Waals surface area contributed by atoms with Gasteiger partial charge in [0, 0.05) is 16.5 Å². The number of hydrogen-bond donors (Lipinski definition) is 0. The summed E-state index contributed by atoms with van der Waals surface area (Å²) in [6.07, 6.45) is 3.61. The summed E-state index contributed by atoms with van der Waals surface area (Å²) in [6, 6.07) is 11.6. The van der Waals surface area contributed by atoms with Gasteiger partial charge in [-0.2, -0.15) is 5.10 Å². The van der Waals surface area contributed by atoms with E-state index in [1.54, 1.807) is 48.9 Å². The van der Waals surface area contributed by atoms with Crippen LogP contribution >= 0.6 is 23.2 Å². The number of hydrogen-bond acceptors (Lipinski definition) is 5. The summed E-state index contributed by atoms with van der Waals surface area (Å²) >= 11 is 11.9. The van der Waals surface area contributed by atoms with Crippen LogP contribution in [0.4, 0.5) is 0 Å². The van der Waals surface area contributed by atoms with Gasteiger partial charge in [0.15, 0.2) is 6.61 Å². The Morgan fingerprint density at radius 1 is 1.15 bits per heavy atom. The summed E-state index contributed by atoms with van der Waals surface area (Å²) in [6.45, 7) is -0.219. The molecule has 0 aliphatic carbocycles. The summed E-state index contributed by atoms with van der Waals surface area (Å²) < 4.78 is 16.4. The average molecular weight is 405 g/mol. The predicted octanol–water partition coefficient (Wildman–Crippen LogP) is 4.94. The van der Waals surface area contributed by atoms with Gasteiger partial charge in [0.05, 0.1) is 12.5 Å². The summed E-state index contributed by atoms with van der Waals surface area (Å²) in [5.74, 6) is 1.34. The van der Waals surface area contributed by atoms with Gasteiger partial charge in [0.25, 0.3) is 5.91 Å². The van der Waals surface area contributed by atoms with Crippen LogP contribution in [0.15, 0.2) is 68.9 Å². The van der Waals surface area contributed by atoms with Crippen molar-refractivity contribution in [2.24, 2.45) is 5.10 Å². The highest BCUT2D eigenvalue weighted by Gasteiger charge is 2.35. The first-order chi connectivity index (χ1) is 13.1. The maximum absolute atomic E-state index is 12.8. The standard InChI is InChI=1S/C19H14Cl2N2O4/c20-12-7-13(21)9-14(8-12)27-11-19(24)23-16(18-4-2-6-26-18)10-15(22-23)17-3-1-5-25-17/h1-9,16H,10-11H2. The van der Waals surface area contributed by atoms with Crippen LogP contribution in [-0.4, -0.2) is 23.2 Å². The van der Waals surface area contributed by atoms with Crippen molar-refractivity contribution in [2.45, 2.75) is 12.5 Å². The van der Waals surface area contributed by atoms with Crippen LogP contribution in [0.2, 0.25) is 10.0 Å². The molecule has 0 saturated heterocycles. The van der Waals surface area contributed by atoms with Crippen molar-refractivity contribution < 1.29 is 18.4 Å². The summed E-state index contributed by atoms with van der Waals surface area (Å²) in [5.41, 5.74) is 0.667. The molecule has 138 valence electrons. The Bertz CT molecular complexity index is 948. The highest BCUT2D eigenvalue weighted by molar-refractivity contribution is 6.34. The van der Waals surface area contributed by atoms with Crippen molar-refractivity contribution in [1.29, 1.82) is 0 Å². The predicted molar refractivity (Wildman–Crippen MR) is 100 cm³/mol. The molecule has 1 aliphatic rings. The van der Waals surface area contributed by atoms with E-state index >= 15 is 0 Å². The van der Waals surface area contributed by atoms with E-state index in [0.717, 1.165) is 0 Å². The minimum absolute atomic E-state index is 0.219. The van der Waals surface area contributed by atoms with Crippen molar-refractivity contribution in [2.75, 3.05) is 6.61 Å². The van der Waals surface area contributed by atoms with Gasteiger partial charge in [-0.3, -0.25) is 4.79 Å². The molecular formula is C19H14Cl2N2O4. The third kappa shape index (κ3) is 3.86. The van der Waals surface area contributed by atoms with E-state index in [0.29, 0.717) is 39.4 Å². The van der Waals surface area contributed by atoms with Crippen LogP contribution < -0.4 is 4.74 Å². The Kier molecular flexibility index (Phi) is 4.92. The quantitative estimate of drug-likeness (QED) is 0.603. The van der Waals surface area contributed by atoms with Crippen molar-refractivity contribution in [3.63, 3.8) is 0 Å². The molecule has 0 fully saturated rings. The number of hydrazone groups is 1. The fraction of sp³-hybridized carbons (Fsp3) is 0.158. The second-order valence-corrected chi connectivity index (χ2v) is 6.76. The molecule has 1 aliphatic heterocycles. The molecule has 2 aromatic heterocycles. The first-order valence-corrected chi connectivity index (χ1v) is 8.91. The molecule has 0 spiro atoms. The molecule has 6 nitrogen and oxygen atoms in total. The van der Waals surface area contributed by atoms with E-state index in [2.05, 4.69) is 5.10 Å². The number of carbonyl (C=O) groups excluding carboxylic acids is 1. The van der Waals surface area contributed by atoms with Crippen LogP contribution in [0.1, 0.15) is 24.0 Å². The number of furan rings is 2. The minimum atomic E-state index is -0.362. The lowest BCUT2D eigenvalue weighted by molar-refractivity contribution is -0.135. The van der Waals surface area contributed by atoms with Gasteiger partial charge in [0.1, 0.15) is 29.0 Å². The van der Waals surface area contributed by atoms with Gasteiger partial charge in [-0.25, -0.2) is 5.01 Å². The third-order valence-electron chi connectivity index (χ3n) is 4.04. The van der Waals surface area contributed by atoms with Crippen molar-refractivity contribution in [1.82, 2.24) is 5.01 Å². The molecule has 8 heteroatoms. The first-order valence-electron chi connectivity index (χ1n) is 8.16. The molecule has 27 heavy (non-hydrogen) atoms. The SMILES string of the molecule is O=C(COc1cc(Cl)cc(Cl)c1)N1N=C(c2ccco2)CC1c1ccco1. The minimum Gasteiger partial charge on any atom is -0.484 e. The van der Waals surface area contributed by atoms with Gasteiger partial charge in [-0.05, 0) is 42.5 Å². The summed E-state index contributed by atoms with van der Waals surface area (Å²) in [7, 11) is 0. The van der Waals surface area contributed by atoms with Gasteiger partial charge in [-0.1, -0.05) is 23.2 Å². The largest absolute Gasteiger partial charge is 0.484 e. The number of halogens is 2. The number of benzene rings is 1. The fourth-order valence-electron chi connectivity index (χ4n) is 2.86. The Balaban J connectivity index is 1.53. The van der Waals surface area contributed by atoms with E-state index in [4.69, 9.17) is 36.8 Å². The van der Waals surface area contributed by atoms with Gasteiger partial charge >= 0.3 is 0 Å². The van der Waals surface area contributed by atoms with Gasteiger partial charge in [-0.15, -0.1) is 0 Å². The monoisotopic (exact) mass is 404 g/mol. The maximum atomic E-state index is 12.8. The highest BCUT2D eigenvalue weighted by Crippen LogP contribution is 2.33. The second-order valence-electron chi connectivity index (χ2n) is 5.89. The number of amides is 1. The smallest absolute Gasteiger partial charge is 0.281 e. The van der Waals surface area contributed by atoms with Gasteiger partial charge in [0.2, 0.25) is 0 Å². The van der Waals surface area contributed by atoms with Crippen LogP contribution in [0, 0.1) is 0 Å². The zero-order valence-corrected chi connectivity index (χ0v) is 15.5. The lowest BCUT2D eigenvalue weighted by Gasteiger charge is -2.20. The zero-order chi connectivity index (χ0) is 18.8. The molecule has 3 aromatic rings. The molecule has 0 saturated carbocycles. The van der Waals surface area contributed by atoms with E-state index in [1.807, 2.05) is 6.07 Å². The lowest BCUT2D eigenvalue weighted by atomic mass is 10.1. The molecule has 1 atom stereocenters. The van der Waals surface area contributed by atoms with Crippen LogP contribution in [-0.2, 0) is 4.79 Å². The summed E-state index contributed by atoms with van der Waals surface area (Å²) in [4.78, 5) is 12.8. The Labute approximate surface area is 164 Å². The molecule has 0 N–H and O–H groups in total. The molecule has 1 amide bonds. The van der Waals surface area contributed by atoms with Gasteiger partial charge < -0.3 is 13.6 Å². The normalized spacial score (nSPS) is 16.4. The van der Waals surface area contributed by atoms with Crippen LogP contribution in [0.3, 0.4) is 0 Å². The lowest BCUT2D eigenvalue weighted by Crippen LogP contribution is -2.31. The van der Waals surface area contributed by atoms with Crippen LogP contribution in [0.5, 0.6) is 5.75 Å². The third-order valence-corrected chi connectivity index (χ3v) is 4.48. The van der Waals surface area contributed by atoms with E-state index in [9.17, 15) is 4.79 Å².